The van der Waals surface area contributed by atoms with Gasteiger partial charge in [-0.05, 0) is 13.0 Å². The van der Waals surface area contributed by atoms with E-state index < -0.39 is 0 Å². The van der Waals surface area contributed by atoms with Crippen LogP contribution in [-0.4, -0.2) is 10.8 Å². The number of thiazole rings is 1. The average molecular weight is 336 g/mol. The zero-order chi connectivity index (χ0) is 13.7. The molecule has 1 aromatic heterocycles. The highest BCUT2D eigenvalue weighted by molar-refractivity contribution is 9.10. The summed E-state index contributed by atoms with van der Waals surface area (Å²) in [4.78, 5) is 0.876. The predicted octanol–water partition coefficient (Wildman–Crippen LogP) is 3.74. The van der Waals surface area contributed by atoms with E-state index in [2.05, 4.69) is 49.6 Å². The average Bonchev–Trinajstić information content (AvgIpc) is 2.74. The maximum Gasteiger partial charge on any atom is 0.211 e. The Labute approximate surface area is 124 Å². The van der Waals surface area contributed by atoms with Crippen molar-refractivity contribution in [3.05, 3.63) is 62.8 Å². The lowest BCUT2D eigenvalue weighted by Gasteiger charge is -1.99. The minimum Gasteiger partial charge on any atom is -0.316 e. The van der Waals surface area contributed by atoms with Gasteiger partial charge in [-0.3, -0.25) is 0 Å². The lowest BCUT2D eigenvalue weighted by atomic mass is 10.2. The van der Waals surface area contributed by atoms with Crippen LogP contribution in [0.5, 0.6) is 0 Å². The quantitative estimate of drug-likeness (QED) is 0.463. The van der Waals surface area contributed by atoms with Crippen LogP contribution in [0.3, 0.4) is 0 Å². The molecule has 1 heterocycles. The van der Waals surface area contributed by atoms with E-state index in [1.54, 1.807) is 17.6 Å². The maximum absolute atomic E-state index is 4.26. The highest BCUT2D eigenvalue weighted by Gasteiger charge is 1.98. The van der Waals surface area contributed by atoms with Crippen LogP contribution in [-0.2, 0) is 6.54 Å². The first-order valence-electron chi connectivity index (χ1n) is 5.80. The molecule has 2 rings (SSSR count). The molecule has 0 fully saturated rings. The van der Waals surface area contributed by atoms with E-state index in [-0.39, 0.29) is 0 Å². The lowest BCUT2D eigenvalue weighted by molar-refractivity contribution is 0.752. The highest BCUT2D eigenvalue weighted by Crippen LogP contribution is 2.13. The number of allylic oxidation sites excluding steroid dienone is 1. The normalized spacial score (nSPS) is 12.2. The zero-order valence-electron chi connectivity index (χ0n) is 10.6. The zero-order valence-corrected chi connectivity index (χ0v) is 13.0. The van der Waals surface area contributed by atoms with Crippen molar-refractivity contribution in [1.29, 1.82) is 0 Å². The van der Waals surface area contributed by atoms with Gasteiger partial charge in [0, 0.05) is 27.7 Å². The van der Waals surface area contributed by atoms with Crippen molar-refractivity contribution in [3.8, 4) is 0 Å². The van der Waals surface area contributed by atoms with E-state index in [0.717, 1.165) is 21.4 Å². The molecule has 0 bridgehead atoms. The first kappa shape index (κ1) is 14.0. The SMILES string of the molecule is C=CCn1c(C)cs/c1=N\N=C/c1ccccc1Br. The standard InChI is InChI=1S/C14H14BrN3S/c1-3-8-18-11(2)10-19-14(18)17-16-9-12-6-4-5-7-13(12)15/h3-7,9-10H,1,8H2,2H3/b16-9-,17-14-. The van der Waals surface area contributed by atoms with Crippen LogP contribution >= 0.6 is 27.3 Å². The molecule has 0 amide bonds. The van der Waals surface area contributed by atoms with E-state index in [1.807, 2.05) is 30.3 Å². The second kappa shape index (κ2) is 6.63. The fourth-order valence-electron chi connectivity index (χ4n) is 1.57. The second-order valence-electron chi connectivity index (χ2n) is 3.93. The van der Waals surface area contributed by atoms with Crippen molar-refractivity contribution in [1.82, 2.24) is 4.57 Å². The molecular formula is C14H14BrN3S. The fraction of sp³-hybridized carbons (Fsp3) is 0.143. The molecule has 0 N–H and O–H groups in total. The van der Waals surface area contributed by atoms with Crippen molar-refractivity contribution in [2.45, 2.75) is 13.5 Å². The van der Waals surface area contributed by atoms with Gasteiger partial charge in [0.05, 0.1) is 6.21 Å². The second-order valence-corrected chi connectivity index (χ2v) is 5.62. The summed E-state index contributed by atoms with van der Waals surface area (Å²) in [6, 6.07) is 7.91. The maximum atomic E-state index is 4.26. The van der Waals surface area contributed by atoms with E-state index in [9.17, 15) is 0 Å². The van der Waals surface area contributed by atoms with Gasteiger partial charge in [-0.1, -0.05) is 40.2 Å². The number of aromatic nitrogens is 1. The summed E-state index contributed by atoms with van der Waals surface area (Å²) in [5.41, 5.74) is 2.18. The van der Waals surface area contributed by atoms with Crippen LogP contribution < -0.4 is 4.80 Å². The van der Waals surface area contributed by atoms with Gasteiger partial charge in [0.2, 0.25) is 4.80 Å². The Bertz CT molecular complexity index is 667. The molecule has 19 heavy (non-hydrogen) atoms. The predicted molar refractivity (Wildman–Crippen MR) is 84.5 cm³/mol. The molecule has 0 atom stereocenters. The van der Waals surface area contributed by atoms with Gasteiger partial charge < -0.3 is 4.57 Å². The van der Waals surface area contributed by atoms with E-state index in [0.29, 0.717) is 0 Å². The summed E-state index contributed by atoms with van der Waals surface area (Å²) in [7, 11) is 0. The smallest absolute Gasteiger partial charge is 0.211 e. The number of halogens is 1. The Morgan fingerprint density at radius 3 is 2.95 bits per heavy atom. The van der Waals surface area contributed by atoms with Crippen molar-refractivity contribution in [3.63, 3.8) is 0 Å². The number of benzene rings is 1. The molecular weight excluding hydrogens is 322 g/mol. The molecule has 5 heteroatoms. The van der Waals surface area contributed by atoms with Gasteiger partial charge in [-0.25, -0.2) is 0 Å². The van der Waals surface area contributed by atoms with Gasteiger partial charge in [0.15, 0.2) is 0 Å². The summed E-state index contributed by atoms with van der Waals surface area (Å²) in [5, 5.41) is 10.5. The number of rotatable bonds is 4. The third-order valence-corrected chi connectivity index (χ3v) is 4.24. The number of aryl methyl sites for hydroxylation is 1. The summed E-state index contributed by atoms with van der Waals surface area (Å²) < 4.78 is 3.09. The molecule has 0 aliphatic carbocycles. The molecule has 0 spiro atoms. The Morgan fingerprint density at radius 2 is 2.21 bits per heavy atom. The highest BCUT2D eigenvalue weighted by atomic mass is 79.9. The molecule has 0 radical (unpaired) electrons. The van der Waals surface area contributed by atoms with E-state index in [1.165, 1.54) is 5.69 Å². The van der Waals surface area contributed by atoms with Crippen molar-refractivity contribution in [2.24, 2.45) is 10.2 Å². The number of nitrogens with zero attached hydrogens (tertiary/aromatic N) is 3. The monoisotopic (exact) mass is 335 g/mol. The summed E-state index contributed by atoms with van der Waals surface area (Å²) in [5.74, 6) is 0. The molecule has 0 saturated heterocycles. The molecule has 98 valence electrons. The Morgan fingerprint density at radius 1 is 1.42 bits per heavy atom. The Kier molecular flexibility index (Phi) is 4.87. The molecule has 0 saturated carbocycles. The molecule has 0 aliphatic heterocycles. The molecule has 3 nitrogen and oxygen atoms in total. The third kappa shape index (κ3) is 3.52. The number of hydrogen-bond donors (Lipinski definition) is 0. The van der Waals surface area contributed by atoms with E-state index in [4.69, 9.17) is 0 Å². The Hall–Kier alpha value is -1.46. The molecule has 0 unspecified atom stereocenters. The third-order valence-electron chi connectivity index (χ3n) is 2.55. The Balaban J connectivity index is 2.28. The van der Waals surface area contributed by atoms with E-state index >= 15 is 0 Å². The summed E-state index contributed by atoms with van der Waals surface area (Å²) >= 11 is 5.06. The van der Waals surface area contributed by atoms with Crippen LogP contribution in [0.2, 0.25) is 0 Å². The van der Waals surface area contributed by atoms with Gasteiger partial charge >= 0.3 is 0 Å². The van der Waals surface area contributed by atoms with Crippen molar-refractivity contribution < 1.29 is 0 Å². The van der Waals surface area contributed by atoms with Crippen LogP contribution in [0.4, 0.5) is 0 Å². The molecule has 0 aliphatic rings. The van der Waals surface area contributed by atoms with Crippen molar-refractivity contribution >= 4 is 33.5 Å². The lowest BCUT2D eigenvalue weighted by Crippen LogP contribution is -2.14. The van der Waals surface area contributed by atoms with Gasteiger partial charge in [-0.15, -0.1) is 23.0 Å². The fourth-order valence-corrected chi connectivity index (χ4v) is 2.80. The van der Waals surface area contributed by atoms with Crippen LogP contribution in [0, 0.1) is 6.92 Å². The first-order chi connectivity index (χ1) is 9.22. The topological polar surface area (TPSA) is 29.6 Å². The minimum atomic E-state index is 0.749. The van der Waals surface area contributed by atoms with Gasteiger partial charge in [0.25, 0.3) is 0 Å². The number of hydrogen-bond acceptors (Lipinski definition) is 3. The van der Waals surface area contributed by atoms with Gasteiger partial charge in [-0.2, -0.15) is 5.10 Å². The van der Waals surface area contributed by atoms with Crippen LogP contribution in [0.25, 0.3) is 0 Å². The summed E-state index contributed by atoms with van der Waals surface area (Å²) in [6.07, 6.45) is 3.60. The van der Waals surface area contributed by atoms with Crippen molar-refractivity contribution in [2.75, 3.05) is 0 Å². The molecule has 1 aromatic carbocycles. The van der Waals surface area contributed by atoms with Crippen LogP contribution in [0.15, 0.2) is 57.0 Å². The largest absolute Gasteiger partial charge is 0.316 e. The summed E-state index contributed by atoms with van der Waals surface area (Å²) in [6.45, 7) is 6.56. The first-order valence-corrected chi connectivity index (χ1v) is 7.47. The molecule has 2 aromatic rings. The minimum absolute atomic E-state index is 0.749. The van der Waals surface area contributed by atoms with Gasteiger partial charge in [0.1, 0.15) is 0 Å². The van der Waals surface area contributed by atoms with Crippen LogP contribution in [0.1, 0.15) is 11.3 Å².